The Labute approximate surface area is 113 Å². The highest BCUT2D eigenvalue weighted by atomic mass is 16.6. The second-order valence-corrected chi connectivity index (χ2v) is 4.46. The number of nitro benzene ring substituents is 1. The van der Waals surface area contributed by atoms with E-state index in [1.54, 1.807) is 0 Å². The molecule has 0 aromatic heterocycles. The lowest BCUT2D eigenvalue weighted by Gasteiger charge is -2.21. The zero-order valence-electron chi connectivity index (χ0n) is 10.4. The summed E-state index contributed by atoms with van der Waals surface area (Å²) in [6.45, 7) is 0.313. The number of likely N-dealkylation sites (tertiary alicyclic amines) is 1. The van der Waals surface area contributed by atoms with E-state index in [0.717, 1.165) is 12.1 Å². The number of carboxylic acids is 1. The van der Waals surface area contributed by atoms with Crippen LogP contribution in [0.25, 0.3) is 0 Å². The van der Waals surface area contributed by atoms with Crippen LogP contribution in [0.4, 0.5) is 5.69 Å². The van der Waals surface area contributed by atoms with Crippen molar-refractivity contribution in [3.8, 4) is 5.75 Å². The summed E-state index contributed by atoms with van der Waals surface area (Å²) in [5.41, 5.74) is -0.473. The number of phenolic OH excluding ortho intramolecular Hbond substituents is 1. The Balaban J connectivity index is 2.27. The number of aliphatic carboxylic acids is 1. The van der Waals surface area contributed by atoms with E-state index in [1.165, 1.54) is 11.0 Å². The smallest absolute Gasteiger partial charge is 0.326 e. The molecule has 106 valence electrons. The number of carboxylic acid groups (broad SMARTS) is 1. The number of nitrogens with zero attached hydrogens (tertiary/aromatic N) is 2. The molecule has 2 N–H and O–H groups in total. The van der Waals surface area contributed by atoms with Crippen molar-refractivity contribution in [2.75, 3.05) is 6.54 Å². The molecule has 0 unspecified atom stereocenters. The SMILES string of the molecule is O=C(O)[C@@H]1CCCN1C(=O)c1ccc([N+](=O)[O-])c(O)c1. The van der Waals surface area contributed by atoms with Crippen molar-refractivity contribution in [2.24, 2.45) is 0 Å². The van der Waals surface area contributed by atoms with E-state index in [1.807, 2.05) is 0 Å². The third-order valence-corrected chi connectivity index (χ3v) is 3.22. The predicted octanol–water partition coefficient (Wildman–Crippen LogP) is 0.990. The van der Waals surface area contributed by atoms with E-state index in [4.69, 9.17) is 5.11 Å². The highest BCUT2D eigenvalue weighted by molar-refractivity contribution is 5.97. The van der Waals surface area contributed by atoms with Gasteiger partial charge in [0.1, 0.15) is 6.04 Å². The summed E-state index contributed by atoms with van der Waals surface area (Å²) in [7, 11) is 0. The second-order valence-electron chi connectivity index (χ2n) is 4.46. The number of hydrogen-bond donors (Lipinski definition) is 2. The minimum Gasteiger partial charge on any atom is -0.502 e. The lowest BCUT2D eigenvalue weighted by atomic mass is 10.1. The van der Waals surface area contributed by atoms with E-state index < -0.39 is 34.3 Å². The number of amides is 1. The maximum absolute atomic E-state index is 12.2. The van der Waals surface area contributed by atoms with E-state index in [9.17, 15) is 24.8 Å². The minimum absolute atomic E-state index is 0.0289. The predicted molar refractivity (Wildman–Crippen MR) is 66.5 cm³/mol. The van der Waals surface area contributed by atoms with Gasteiger partial charge in [-0.25, -0.2) is 4.79 Å². The van der Waals surface area contributed by atoms with Crippen LogP contribution in [-0.2, 0) is 4.79 Å². The van der Waals surface area contributed by atoms with Crippen LogP contribution in [-0.4, -0.2) is 44.5 Å². The van der Waals surface area contributed by atoms with Crippen molar-refractivity contribution in [1.82, 2.24) is 4.90 Å². The molecule has 1 aromatic rings. The molecule has 0 bridgehead atoms. The Bertz CT molecular complexity index is 585. The molecule has 0 spiro atoms. The molecule has 0 radical (unpaired) electrons. The Morgan fingerprint density at radius 2 is 2.10 bits per heavy atom. The van der Waals surface area contributed by atoms with Crippen LogP contribution in [0, 0.1) is 10.1 Å². The highest BCUT2D eigenvalue weighted by Gasteiger charge is 2.34. The van der Waals surface area contributed by atoms with Crippen molar-refractivity contribution < 1.29 is 24.7 Å². The quantitative estimate of drug-likeness (QED) is 0.629. The number of aromatic hydroxyl groups is 1. The fraction of sp³-hybridized carbons (Fsp3) is 0.333. The molecule has 1 aliphatic rings. The van der Waals surface area contributed by atoms with Gasteiger partial charge in [0.05, 0.1) is 4.92 Å². The monoisotopic (exact) mass is 280 g/mol. The molecule has 1 atom stereocenters. The molecule has 1 fully saturated rings. The van der Waals surface area contributed by atoms with Gasteiger partial charge < -0.3 is 15.1 Å². The summed E-state index contributed by atoms with van der Waals surface area (Å²) >= 11 is 0. The number of rotatable bonds is 3. The first-order chi connectivity index (χ1) is 9.41. The summed E-state index contributed by atoms with van der Waals surface area (Å²) in [5, 5.41) is 29.1. The average Bonchev–Trinajstić information content (AvgIpc) is 2.86. The molecule has 1 aromatic carbocycles. The maximum atomic E-state index is 12.2. The second kappa shape index (κ2) is 5.16. The Morgan fingerprint density at radius 1 is 1.40 bits per heavy atom. The van der Waals surface area contributed by atoms with Gasteiger partial charge in [0, 0.05) is 18.2 Å². The molecular formula is C12H12N2O6. The van der Waals surface area contributed by atoms with Gasteiger partial charge in [0.25, 0.3) is 5.91 Å². The molecule has 0 aliphatic carbocycles. The molecule has 8 nitrogen and oxygen atoms in total. The largest absolute Gasteiger partial charge is 0.502 e. The van der Waals surface area contributed by atoms with Crippen molar-refractivity contribution in [3.05, 3.63) is 33.9 Å². The standard InChI is InChI=1S/C12H12N2O6/c15-10-6-7(3-4-8(10)14(19)20)11(16)13-5-1-2-9(13)12(17)18/h3-4,6,9,15H,1-2,5H2,(H,17,18)/t9-/m0/s1. The number of nitro groups is 1. The van der Waals surface area contributed by atoms with Gasteiger partial charge in [-0.2, -0.15) is 0 Å². The van der Waals surface area contributed by atoms with Crippen LogP contribution in [0.3, 0.4) is 0 Å². The van der Waals surface area contributed by atoms with Crippen LogP contribution < -0.4 is 0 Å². The third-order valence-electron chi connectivity index (χ3n) is 3.22. The third kappa shape index (κ3) is 2.40. The van der Waals surface area contributed by atoms with Crippen LogP contribution in [0.2, 0.25) is 0 Å². The highest BCUT2D eigenvalue weighted by Crippen LogP contribution is 2.28. The number of carbonyl (C=O) groups is 2. The molecular weight excluding hydrogens is 268 g/mol. The van der Waals surface area contributed by atoms with Gasteiger partial charge in [-0.1, -0.05) is 0 Å². The molecule has 1 heterocycles. The van der Waals surface area contributed by atoms with Gasteiger partial charge in [-0.15, -0.1) is 0 Å². The Hall–Kier alpha value is -2.64. The summed E-state index contributed by atoms with van der Waals surface area (Å²) in [5.74, 6) is -2.26. The lowest BCUT2D eigenvalue weighted by Crippen LogP contribution is -2.40. The number of hydrogen-bond acceptors (Lipinski definition) is 5. The number of carbonyl (C=O) groups excluding carboxylic acids is 1. The van der Waals surface area contributed by atoms with Crippen molar-refractivity contribution in [3.63, 3.8) is 0 Å². The molecule has 20 heavy (non-hydrogen) atoms. The van der Waals surface area contributed by atoms with Gasteiger partial charge in [-0.05, 0) is 25.0 Å². The summed E-state index contributed by atoms with van der Waals surface area (Å²) in [4.78, 5) is 34.2. The first-order valence-corrected chi connectivity index (χ1v) is 5.93. The van der Waals surface area contributed by atoms with E-state index in [-0.39, 0.29) is 5.56 Å². The minimum atomic E-state index is -1.08. The fourth-order valence-electron chi connectivity index (χ4n) is 2.24. The first kappa shape index (κ1) is 13.8. The molecule has 0 saturated carbocycles. The Morgan fingerprint density at radius 3 is 2.65 bits per heavy atom. The van der Waals surface area contributed by atoms with Crippen molar-refractivity contribution in [2.45, 2.75) is 18.9 Å². The molecule has 1 saturated heterocycles. The summed E-state index contributed by atoms with van der Waals surface area (Å²) in [6.07, 6.45) is 0.960. The van der Waals surface area contributed by atoms with E-state index >= 15 is 0 Å². The summed E-state index contributed by atoms with van der Waals surface area (Å²) in [6, 6.07) is 2.32. The topological polar surface area (TPSA) is 121 Å². The average molecular weight is 280 g/mol. The van der Waals surface area contributed by atoms with Crippen LogP contribution in [0.15, 0.2) is 18.2 Å². The van der Waals surface area contributed by atoms with Crippen molar-refractivity contribution >= 4 is 17.6 Å². The lowest BCUT2D eigenvalue weighted by molar-refractivity contribution is -0.385. The van der Waals surface area contributed by atoms with Crippen molar-refractivity contribution in [1.29, 1.82) is 0 Å². The van der Waals surface area contributed by atoms with Gasteiger partial charge >= 0.3 is 11.7 Å². The number of benzene rings is 1. The zero-order chi connectivity index (χ0) is 14.9. The zero-order valence-corrected chi connectivity index (χ0v) is 10.4. The number of phenols is 1. The molecule has 1 aliphatic heterocycles. The van der Waals surface area contributed by atoms with Crippen LogP contribution in [0.5, 0.6) is 5.75 Å². The first-order valence-electron chi connectivity index (χ1n) is 5.93. The van der Waals surface area contributed by atoms with E-state index in [2.05, 4.69) is 0 Å². The van der Waals surface area contributed by atoms with Crippen LogP contribution >= 0.6 is 0 Å². The Kier molecular flexibility index (Phi) is 3.55. The van der Waals surface area contributed by atoms with E-state index in [0.29, 0.717) is 19.4 Å². The molecule has 2 rings (SSSR count). The fourth-order valence-corrected chi connectivity index (χ4v) is 2.24. The molecule has 1 amide bonds. The van der Waals surface area contributed by atoms with Crippen LogP contribution in [0.1, 0.15) is 23.2 Å². The van der Waals surface area contributed by atoms with Gasteiger partial charge in [0.2, 0.25) is 0 Å². The maximum Gasteiger partial charge on any atom is 0.326 e. The van der Waals surface area contributed by atoms with Gasteiger partial charge in [-0.3, -0.25) is 14.9 Å². The normalized spacial score (nSPS) is 18.0. The summed E-state index contributed by atoms with van der Waals surface area (Å²) < 4.78 is 0. The van der Waals surface area contributed by atoms with Gasteiger partial charge in [0.15, 0.2) is 5.75 Å². The molecule has 8 heteroatoms.